The summed E-state index contributed by atoms with van der Waals surface area (Å²) in [5, 5.41) is 18.3. The van der Waals surface area contributed by atoms with E-state index in [0.717, 1.165) is 47.8 Å². The normalized spacial score (nSPS) is 31.9. The van der Waals surface area contributed by atoms with Crippen molar-refractivity contribution in [2.24, 2.45) is 15.0 Å². The predicted octanol–water partition coefficient (Wildman–Crippen LogP) is 2.67. The maximum absolute atomic E-state index is 10.1. The summed E-state index contributed by atoms with van der Waals surface area (Å²) in [5.41, 5.74) is 1.75. The molecular weight excluding hydrogens is 378 g/mol. The van der Waals surface area contributed by atoms with Gasteiger partial charge in [0.05, 0.1) is 23.8 Å². The van der Waals surface area contributed by atoms with Gasteiger partial charge in [0.15, 0.2) is 5.50 Å². The number of hydrogen-bond acceptors (Lipinski definition) is 8. The Morgan fingerprint density at radius 3 is 2.81 bits per heavy atom. The lowest BCUT2D eigenvalue weighted by atomic mass is 9.98. The summed E-state index contributed by atoms with van der Waals surface area (Å²) in [5.74, 6) is 0.955. The number of aliphatic hydroxyl groups excluding tert-OH is 1. The fourth-order valence-electron chi connectivity index (χ4n) is 4.08. The zero-order valence-corrected chi connectivity index (χ0v) is 17.7. The van der Waals surface area contributed by atoms with E-state index in [2.05, 4.69) is 41.8 Å². The first-order chi connectivity index (χ1) is 13.0. The van der Waals surface area contributed by atoms with E-state index in [1.807, 2.05) is 6.21 Å². The molecule has 3 N–H and O–H groups in total. The third-order valence-corrected chi connectivity index (χ3v) is 7.45. The molecule has 3 atom stereocenters. The lowest BCUT2D eigenvalue weighted by Gasteiger charge is -2.35. The molecule has 3 heterocycles. The van der Waals surface area contributed by atoms with E-state index < -0.39 is 0 Å². The topological polar surface area (TPSA) is 81.4 Å². The van der Waals surface area contributed by atoms with E-state index in [9.17, 15) is 5.11 Å². The molecule has 0 aromatic carbocycles. The summed E-state index contributed by atoms with van der Waals surface area (Å²) in [6.45, 7) is 4.31. The standard InChI is InChI=1S/C19H27N5OS2/c1-11-14(17-22-15-12(2)20-9-6-13(15)27-17)16(23-18(21-11)26-3)24-19(10-25)7-4-5-8-19/h6,9,12,15,18,23-25H,4-5,7-8,10H2,1-3H3. The molecular formula is C19H27N5OS2. The number of dihydropyridines is 1. The number of thioether (sulfide) groups is 2. The summed E-state index contributed by atoms with van der Waals surface area (Å²) in [6, 6.07) is 0.270. The van der Waals surface area contributed by atoms with Crippen molar-refractivity contribution in [3.8, 4) is 0 Å². The highest BCUT2D eigenvalue weighted by atomic mass is 32.2. The molecule has 4 rings (SSSR count). The van der Waals surface area contributed by atoms with Crippen LogP contribution >= 0.6 is 23.5 Å². The molecule has 1 fully saturated rings. The molecule has 8 heteroatoms. The average molecular weight is 406 g/mol. The van der Waals surface area contributed by atoms with Gasteiger partial charge in [-0.15, -0.1) is 11.8 Å². The van der Waals surface area contributed by atoms with E-state index in [1.165, 1.54) is 4.91 Å². The van der Waals surface area contributed by atoms with E-state index in [-0.39, 0.29) is 29.7 Å². The third-order valence-electron chi connectivity index (χ3n) is 5.66. The van der Waals surface area contributed by atoms with E-state index in [4.69, 9.17) is 9.98 Å². The molecule has 6 nitrogen and oxygen atoms in total. The third kappa shape index (κ3) is 3.59. The zero-order chi connectivity index (χ0) is 19.0. The van der Waals surface area contributed by atoms with Crippen molar-refractivity contribution in [3.63, 3.8) is 0 Å². The molecule has 4 aliphatic rings. The van der Waals surface area contributed by atoms with Crippen molar-refractivity contribution in [3.05, 3.63) is 22.4 Å². The van der Waals surface area contributed by atoms with E-state index in [0.29, 0.717) is 0 Å². The lowest BCUT2D eigenvalue weighted by molar-refractivity contribution is 0.171. The fourth-order valence-corrected chi connectivity index (χ4v) is 5.82. The SMILES string of the molecule is CSC1N=C(C)C(C2=NC3C(=CC=NC3C)S2)=C(NC2(CO)CCCC2)N1. The Morgan fingerprint density at radius 1 is 1.37 bits per heavy atom. The maximum Gasteiger partial charge on any atom is 0.167 e. The maximum atomic E-state index is 10.1. The molecule has 1 saturated carbocycles. The number of nitrogens with zero attached hydrogens (tertiary/aromatic N) is 3. The quantitative estimate of drug-likeness (QED) is 0.655. The molecule has 0 bridgehead atoms. The van der Waals surface area contributed by atoms with Gasteiger partial charge in [0.25, 0.3) is 0 Å². The molecule has 146 valence electrons. The molecule has 0 saturated heterocycles. The smallest absolute Gasteiger partial charge is 0.167 e. The second kappa shape index (κ2) is 7.64. The van der Waals surface area contributed by atoms with Crippen LogP contribution in [0.25, 0.3) is 0 Å². The van der Waals surface area contributed by atoms with Crippen LogP contribution in [-0.4, -0.2) is 58.1 Å². The zero-order valence-electron chi connectivity index (χ0n) is 16.0. The lowest BCUT2D eigenvalue weighted by Crippen LogP contribution is -2.51. The Bertz CT molecular complexity index is 764. The van der Waals surface area contributed by atoms with Crippen LogP contribution in [0.1, 0.15) is 39.5 Å². The van der Waals surface area contributed by atoms with Gasteiger partial charge in [-0.05, 0) is 39.0 Å². The van der Waals surface area contributed by atoms with Crippen molar-refractivity contribution in [2.45, 2.75) is 62.7 Å². The average Bonchev–Trinajstić information content (AvgIpc) is 3.29. The van der Waals surface area contributed by atoms with Gasteiger partial charge in [-0.2, -0.15) is 0 Å². The van der Waals surface area contributed by atoms with Gasteiger partial charge in [-0.3, -0.25) is 15.0 Å². The van der Waals surface area contributed by atoms with Crippen molar-refractivity contribution in [1.82, 2.24) is 10.6 Å². The highest BCUT2D eigenvalue weighted by molar-refractivity contribution is 8.18. The van der Waals surface area contributed by atoms with Crippen molar-refractivity contribution < 1.29 is 5.11 Å². The van der Waals surface area contributed by atoms with Crippen molar-refractivity contribution in [1.29, 1.82) is 0 Å². The predicted molar refractivity (Wildman–Crippen MR) is 117 cm³/mol. The van der Waals surface area contributed by atoms with Crippen molar-refractivity contribution in [2.75, 3.05) is 12.9 Å². The van der Waals surface area contributed by atoms with E-state index in [1.54, 1.807) is 23.5 Å². The Morgan fingerprint density at radius 2 is 2.15 bits per heavy atom. The highest BCUT2D eigenvalue weighted by Gasteiger charge is 2.38. The summed E-state index contributed by atoms with van der Waals surface area (Å²) in [6.07, 6.45) is 10.3. The highest BCUT2D eigenvalue weighted by Crippen LogP contribution is 2.39. The number of aliphatic hydroxyl groups is 1. The molecule has 3 unspecified atom stereocenters. The van der Waals surface area contributed by atoms with Gasteiger partial charge in [-0.1, -0.05) is 24.6 Å². The Labute approximate surface area is 169 Å². The van der Waals surface area contributed by atoms with Crippen LogP contribution in [0.4, 0.5) is 0 Å². The van der Waals surface area contributed by atoms with Gasteiger partial charge >= 0.3 is 0 Å². The summed E-state index contributed by atoms with van der Waals surface area (Å²) in [7, 11) is 0. The molecule has 0 aromatic heterocycles. The molecule has 0 amide bonds. The van der Waals surface area contributed by atoms with Gasteiger partial charge in [0.1, 0.15) is 16.9 Å². The van der Waals surface area contributed by atoms with Gasteiger partial charge < -0.3 is 15.7 Å². The fraction of sp³-hybridized carbons (Fsp3) is 0.632. The second-order valence-electron chi connectivity index (χ2n) is 7.56. The van der Waals surface area contributed by atoms with Crippen LogP contribution in [0.5, 0.6) is 0 Å². The number of nitrogens with one attached hydrogen (secondary N) is 2. The molecule has 3 aliphatic heterocycles. The van der Waals surface area contributed by atoms with Gasteiger partial charge in [0.2, 0.25) is 0 Å². The van der Waals surface area contributed by atoms with Gasteiger partial charge in [0, 0.05) is 16.8 Å². The van der Waals surface area contributed by atoms with Gasteiger partial charge in [-0.25, -0.2) is 0 Å². The van der Waals surface area contributed by atoms with Crippen LogP contribution in [0.2, 0.25) is 0 Å². The van der Waals surface area contributed by atoms with Crippen LogP contribution < -0.4 is 10.6 Å². The van der Waals surface area contributed by atoms with Crippen LogP contribution in [0.15, 0.2) is 37.4 Å². The number of hydrogen-bond donors (Lipinski definition) is 3. The molecule has 27 heavy (non-hydrogen) atoms. The van der Waals surface area contributed by atoms with Crippen LogP contribution in [0.3, 0.4) is 0 Å². The number of rotatable bonds is 5. The van der Waals surface area contributed by atoms with Crippen molar-refractivity contribution >= 4 is 40.5 Å². The number of allylic oxidation sites excluding steroid dienone is 1. The Balaban J connectivity index is 1.71. The largest absolute Gasteiger partial charge is 0.394 e. The summed E-state index contributed by atoms with van der Waals surface area (Å²) < 4.78 is 0. The van der Waals surface area contributed by atoms with Crippen LogP contribution in [0, 0.1) is 0 Å². The first-order valence-corrected chi connectivity index (χ1v) is 11.6. The minimum absolute atomic E-state index is 0.0239. The number of aliphatic imine (C=N–C) groups is 3. The molecule has 0 aromatic rings. The monoisotopic (exact) mass is 405 g/mol. The molecule has 1 aliphatic carbocycles. The Hall–Kier alpha value is -1.25. The number of fused-ring (bicyclic) bond motifs is 1. The van der Waals surface area contributed by atoms with Crippen LogP contribution in [-0.2, 0) is 0 Å². The Kier molecular flexibility index (Phi) is 5.40. The minimum Gasteiger partial charge on any atom is -0.394 e. The molecule has 0 radical (unpaired) electrons. The van der Waals surface area contributed by atoms with E-state index >= 15 is 0 Å². The first-order valence-electron chi connectivity index (χ1n) is 9.52. The molecule has 0 spiro atoms. The minimum atomic E-state index is -0.250. The summed E-state index contributed by atoms with van der Waals surface area (Å²) in [4.78, 5) is 15.5. The second-order valence-corrected chi connectivity index (χ2v) is 9.54. The first kappa shape index (κ1) is 19.1. The summed E-state index contributed by atoms with van der Waals surface area (Å²) >= 11 is 3.39.